The van der Waals surface area contributed by atoms with Gasteiger partial charge in [-0.15, -0.1) is 0 Å². The van der Waals surface area contributed by atoms with Crippen molar-refractivity contribution in [3.63, 3.8) is 0 Å². The number of carboxylic acids is 1. The third-order valence-corrected chi connectivity index (χ3v) is 6.91. The zero-order chi connectivity index (χ0) is 28.3. The Balaban J connectivity index is 1.21. The molecule has 0 radical (unpaired) electrons. The summed E-state index contributed by atoms with van der Waals surface area (Å²) in [5, 5.41) is 9.80. The fourth-order valence-electron chi connectivity index (χ4n) is 4.62. The lowest BCUT2D eigenvalue weighted by atomic mass is 9.87. The Morgan fingerprint density at radius 1 is 0.950 bits per heavy atom. The van der Waals surface area contributed by atoms with Gasteiger partial charge in [-0.2, -0.15) is 0 Å². The monoisotopic (exact) mass is 538 g/mol. The maximum atomic E-state index is 12.0. The number of ether oxygens (including phenoxy) is 1. The highest BCUT2D eigenvalue weighted by atomic mass is 16.5. The van der Waals surface area contributed by atoms with Gasteiger partial charge in [-0.3, -0.25) is 0 Å². The standard InChI is InChI=1S/C33H34N2O5/c1-21-26(35-31(38-21)23-9-6-5-7-10-23)11-8-12-30-34-27-19-22(13-18-28(27)40-30)20-29(32(36)37)39-25-16-14-24(15-17-25)33(2,3)4/h5-7,9-10,13-19,29H,8,11-12,20H2,1-4H3,(H,36,37)/t29-/m0/s1. The van der Waals surface area contributed by atoms with Crippen LogP contribution in [0.1, 0.15) is 55.7 Å². The zero-order valence-electron chi connectivity index (χ0n) is 23.3. The van der Waals surface area contributed by atoms with E-state index in [-0.39, 0.29) is 11.8 Å². The average molecular weight is 539 g/mol. The molecule has 1 N–H and O–H groups in total. The predicted molar refractivity (Wildman–Crippen MR) is 154 cm³/mol. The second-order valence-electron chi connectivity index (χ2n) is 11.1. The third-order valence-electron chi connectivity index (χ3n) is 6.91. The molecule has 206 valence electrons. The second kappa shape index (κ2) is 11.4. The van der Waals surface area contributed by atoms with E-state index in [0.717, 1.165) is 41.0 Å². The van der Waals surface area contributed by atoms with Crippen molar-refractivity contribution in [3.05, 3.63) is 101 Å². The highest BCUT2D eigenvalue weighted by Gasteiger charge is 2.22. The Bertz CT molecular complexity index is 1590. The fraction of sp³-hybridized carbons (Fsp3) is 0.303. The largest absolute Gasteiger partial charge is 0.478 e. The van der Waals surface area contributed by atoms with Gasteiger partial charge in [0.25, 0.3) is 0 Å². The molecule has 0 spiro atoms. The number of fused-ring (bicyclic) bond motifs is 1. The molecule has 0 saturated heterocycles. The topological polar surface area (TPSA) is 98.6 Å². The maximum absolute atomic E-state index is 12.0. The minimum atomic E-state index is -1.02. The summed E-state index contributed by atoms with van der Waals surface area (Å²) < 4.78 is 17.7. The van der Waals surface area contributed by atoms with E-state index in [1.807, 2.05) is 79.7 Å². The molecule has 5 rings (SSSR count). The van der Waals surface area contributed by atoms with Crippen LogP contribution in [0.2, 0.25) is 0 Å². The van der Waals surface area contributed by atoms with E-state index in [1.165, 1.54) is 0 Å². The highest BCUT2D eigenvalue weighted by molar-refractivity contribution is 5.75. The van der Waals surface area contributed by atoms with Gasteiger partial charge in [0, 0.05) is 18.4 Å². The van der Waals surface area contributed by atoms with Crippen molar-refractivity contribution in [1.82, 2.24) is 9.97 Å². The van der Waals surface area contributed by atoms with Crippen LogP contribution < -0.4 is 4.74 Å². The summed E-state index contributed by atoms with van der Waals surface area (Å²) in [5.41, 5.74) is 5.26. The first-order chi connectivity index (χ1) is 19.2. The van der Waals surface area contributed by atoms with E-state index >= 15 is 0 Å². The van der Waals surface area contributed by atoms with Crippen LogP contribution >= 0.6 is 0 Å². The van der Waals surface area contributed by atoms with Crippen LogP contribution in [-0.2, 0) is 29.5 Å². The van der Waals surface area contributed by atoms with Gasteiger partial charge in [0.2, 0.25) is 5.89 Å². The molecule has 5 aromatic rings. The number of aromatic nitrogens is 2. The van der Waals surface area contributed by atoms with Crippen molar-refractivity contribution in [2.45, 2.75) is 64.9 Å². The number of rotatable bonds is 10. The van der Waals surface area contributed by atoms with Gasteiger partial charge in [0.05, 0.1) is 5.69 Å². The van der Waals surface area contributed by atoms with Crippen LogP contribution in [0.4, 0.5) is 0 Å². The quantitative estimate of drug-likeness (QED) is 0.199. The van der Waals surface area contributed by atoms with E-state index in [0.29, 0.717) is 35.1 Å². The molecule has 0 saturated carbocycles. The molecule has 3 aromatic carbocycles. The molecule has 0 aliphatic heterocycles. The summed E-state index contributed by atoms with van der Waals surface area (Å²) in [6, 6.07) is 23.0. The van der Waals surface area contributed by atoms with E-state index in [9.17, 15) is 9.90 Å². The van der Waals surface area contributed by atoms with Gasteiger partial charge < -0.3 is 18.7 Å². The maximum Gasteiger partial charge on any atom is 0.345 e. The molecule has 0 bridgehead atoms. The first kappa shape index (κ1) is 27.2. The molecule has 0 amide bonds. The fourth-order valence-corrected chi connectivity index (χ4v) is 4.62. The van der Waals surface area contributed by atoms with Crippen LogP contribution in [0.25, 0.3) is 22.6 Å². The molecule has 0 fully saturated rings. The first-order valence-corrected chi connectivity index (χ1v) is 13.6. The van der Waals surface area contributed by atoms with Crippen molar-refractivity contribution < 1.29 is 23.5 Å². The lowest BCUT2D eigenvalue weighted by Gasteiger charge is -2.20. The summed E-state index contributed by atoms with van der Waals surface area (Å²) >= 11 is 0. The SMILES string of the molecule is Cc1oc(-c2ccccc2)nc1CCCc1nc2cc(C[C@H](Oc3ccc(C(C)(C)C)cc3)C(=O)O)ccc2o1. The Labute approximate surface area is 233 Å². The van der Waals surface area contributed by atoms with Gasteiger partial charge in [0.1, 0.15) is 17.0 Å². The van der Waals surface area contributed by atoms with E-state index in [4.69, 9.17) is 13.6 Å². The minimum absolute atomic E-state index is 0.0115. The zero-order valence-corrected chi connectivity index (χ0v) is 23.3. The first-order valence-electron chi connectivity index (χ1n) is 13.6. The molecule has 7 nitrogen and oxygen atoms in total. The van der Waals surface area contributed by atoms with Gasteiger partial charge in [0.15, 0.2) is 17.6 Å². The number of carbonyl (C=O) groups is 1. The lowest BCUT2D eigenvalue weighted by Crippen LogP contribution is -2.29. The van der Waals surface area contributed by atoms with Crippen LogP contribution in [0.3, 0.4) is 0 Å². The Kier molecular flexibility index (Phi) is 7.74. The number of nitrogens with zero attached hydrogens (tertiary/aromatic N) is 2. The van der Waals surface area contributed by atoms with Crippen molar-refractivity contribution >= 4 is 17.1 Å². The van der Waals surface area contributed by atoms with E-state index in [2.05, 4.69) is 30.7 Å². The smallest absolute Gasteiger partial charge is 0.345 e. The molecular weight excluding hydrogens is 504 g/mol. The summed E-state index contributed by atoms with van der Waals surface area (Å²) in [6.07, 6.45) is 1.41. The average Bonchev–Trinajstić information content (AvgIpc) is 3.51. The summed E-state index contributed by atoms with van der Waals surface area (Å²) in [6.45, 7) is 8.33. The third kappa shape index (κ3) is 6.42. The van der Waals surface area contributed by atoms with Crippen molar-refractivity contribution in [2.75, 3.05) is 0 Å². The van der Waals surface area contributed by atoms with Crippen LogP contribution in [0.5, 0.6) is 5.75 Å². The highest BCUT2D eigenvalue weighted by Crippen LogP contribution is 2.26. The van der Waals surface area contributed by atoms with Crippen LogP contribution in [0, 0.1) is 6.92 Å². The molecule has 2 heterocycles. The number of aryl methyl sites for hydroxylation is 3. The number of hydrogen-bond donors (Lipinski definition) is 1. The minimum Gasteiger partial charge on any atom is -0.478 e. The number of carboxylic acid groups (broad SMARTS) is 1. The van der Waals surface area contributed by atoms with E-state index < -0.39 is 12.1 Å². The molecule has 0 aliphatic rings. The number of benzene rings is 3. The molecule has 1 atom stereocenters. The summed E-state index contributed by atoms with van der Waals surface area (Å²) in [7, 11) is 0. The molecule has 0 aliphatic carbocycles. The second-order valence-corrected chi connectivity index (χ2v) is 11.1. The van der Waals surface area contributed by atoms with Crippen LogP contribution in [0.15, 0.2) is 81.6 Å². The number of oxazole rings is 2. The van der Waals surface area contributed by atoms with E-state index in [1.54, 1.807) is 0 Å². The van der Waals surface area contributed by atoms with Gasteiger partial charge in [-0.25, -0.2) is 14.8 Å². The Morgan fingerprint density at radius 2 is 1.70 bits per heavy atom. The Hall–Kier alpha value is -4.39. The summed E-state index contributed by atoms with van der Waals surface area (Å²) in [5.74, 6) is 1.61. The van der Waals surface area contributed by atoms with Gasteiger partial charge >= 0.3 is 5.97 Å². The molecule has 40 heavy (non-hydrogen) atoms. The number of hydrogen-bond acceptors (Lipinski definition) is 6. The van der Waals surface area contributed by atoms with Crippen molar-refractivity contribution in [2.24, 2.45) is 0 Å². The van der Waals surface area contributed by atoms with Gasteiger partial charge in [-0.05, 0) is 72.7 Å². The molecule has 2 aromatic heterocycles. The van der Waals surface area contributed by atoms with Gasteiger partial charge in [-0.1, -0.05) is 57.2 Å². The molecular formula is C33H34N2O5. The van der Waals surface area contributed by atoms with Crippen molar-refractivity contribution in [1.29, 1.82) is 0 Å². The molecule has 7 heteroatoms. The predicted octanol–water partition coefficient (Wildman–Crippen LogP) is 7.34. The number of aliphatic carboxylic acids is 1. The van der Waals surface area contributed by atoms with Crippen molar-refractivity contribution in [3.8, 4) is 17.2 Å². The molecule has 0 unspecified atom stereocenters. The normalized spacial score (nSPS) is 12.5. The summed E-state index contributed by atoms with van der Waals surface area (Å²) in [4.78, 5) is 21.3. The van der Waals surface area contributed by atoms with Crippen LogP contribution in [-0.4, -0.2) is 27.1 Å². The Morgan fingerprint density at radius 3 is 2.40 bits per heavy atom. The lowest BCUT2D eigenvalue weighted by molar-refractivity contribution is -0.145.